The third-order valence-electron chi connectivity index (χ3n) is 3.88. The van der Waals surface area contributed by atoms with Crippen molar-refractivity contribution >= 4 is 22.3 Å². The summed E-state index contributed by atoms with van der Waals surface area (Å²) in [5.74, 6) is 1.44. The Kier molecular flexibility index (Phi) is 4.08. The Morgan fingerprint density at radius 1 is 1.29 bits per heavy atom. The molecule has 0 saturated carbocycles. The fraction of sp³-hybridized carbons (Fsp3) is 0.353. The Balaban J connectivity index is 1.72. The molecule has 3 aromatic rings. The fourth-order valence-electron chi connectivity index (χ4n) is 2.62. The highest BCUT2D eigenvalue weighted by Gasteiger charge is 2.17. The van der Waals surface area contributed by atoms with Gasteiger partial charge < -0.3 is 9.73 Å². The van der Waals surface area contributed by atoms with E-state index >= 15 is 0 Å². The number of aromatic nitrogens is 1. The second-order valence-corrected chi connectivity index (χ2v) is 6.41. The van der Waals surface area contributed by atoms with E-state index in [0.29, 0.717) is 5.92 Å². The zero-order valence-electron chi connectivity index (χ0n) is 12.6. The third-order valence-corrected chi connectivity index (χ3v) is 4.88. The van der Waals surface area contributed by atoms with Crippen molar-refractivity contribution in [2.24, 2.45) is 0 Å². The highest BCUT2D eigenvalue weighted by Crippen LogP contribution is 2.29. The van der Waals surface area contributed by atoms with Crippen LogP contribution in [0.1, 0.15) is 42.1 Å². The van der Waals surface area contributed by atoms with Gasteiger partial charge in [0.2, 0.25) is 0 Å². The van der Waals surface area contributed by atoms with E-state index in [9.17, 15) is 0 Å². The number of rotatable bonds is 5. The molecule has 0 aliphatic carbocycles. The lowest BCUT2D eigenvalue weighted by atomic mass is 10.1. The first-order valence-electron chi connectivity index (χ1n) is 7.27. The average Bonchev–Trinajstić information content (AvgIpc) is 3.13. The van der Waals surface area contributed by atoms with Crippen molar-refractivity contribution < 1.29 is 4.42 Å². The lowest BCUT2D eigenvalue weighted by molar-refractivity contribution is 0.439. The molecular weight excluding hydrogens is 280 g/mol. The van der Waals surface area contributed by atoms with E-state index < -0.39 is 0 Å². The van der Waals surface area contributed by atoms with Crippen LogP contribution in [-0.2, 0) is 0 Å². The summed E-state index contributed by atoms with van der Waals surface area (Å²) in [7, 11) is 0. The molecule has 2 aromatic heterocycles. The molecule has 1 N–H and O–H groups in total. The van der Waals surface area contributed by atoms with Crippen molar-refractivity contribution in [3.8, 4) is 0 Å². The molecule has 0 spiro atoms. The smallest absolute Gasteiger partial charge is 0.134 e. The summed E-state index contributed by atoms with van der Waals surface area (Å²) in [6.07, 6.45) is 1.86. The Labute approximate surface area is 129 Å². The monoisotopic (exact) mass is 300 g/mol. The van der Waals surface area contributed by atoms with Crippen LogP contribution in [0.25, 0.3) is 11.0 Å². The van der Waals surface area contributed by atoms with E-state index in [0.717, 1.165) is 17.9 Å². The summed E-state index contributed by atoms with van der Waals surface area (Å²) >= 11 is 1.71. The minimum atomic E-state index is 0.194. The second-order valence-electron chi connectivity index (χ2n) is 5.49. The van der Waals surface area contributed by atoms with E-state index in [-0.39, 0.29) is 6.04 Å². The quantitative estimate of drug-likeness (QED) is 0.745. The van der Waals surface area contributed by atoms with E-state index in [2.05, 4.69) is 43.2 Å². The number of nitrogens with zero attached hydrogens (tertiary/aromatic N) is 1. The first kappa shape index (κ1) is 14.3. The SMILES string of the molecule is Cc1c(C(C)NCC(C)c2nccs2)oc2ccccc12. The van der Waals surface area contributed by atoms with Crippen molar-refractivity contribution in [3.05, 3.63) is 52.2 Å². The molecule has 3 rings (SSSR count). The van der Waals surface area contributed by atoms with E-state index in [4.69, 9.17) is 4.42 Å². The number of hydrogen-bond acceptors (Lipinski definition) is 4. The third kappa shape index (κ3) is 2.87. The van der Waals surface area contributed by atoms with Crippen LogP contribution >= 0.6 is 11.3 Å². The first-order valence-corrected chi connectivity index (χ1v) is 8.15. The van der Waals surface area contributed by atoms with Crippen molar-refractivity contribution in [1.29, 1.82) is 0 Å². The minimum Gasteiger partial charge on any atom is -0.459 e. The van der Waals surface area contributed by atoms with Crippen molar-refractivity contribution in [3.63, 3.8) is 0 Å². The van der Waals surface area contributed by atoms with Crippen LogP contribution in [0.2, 0.25) is 0 Å². The van der Waals surface area contributed by atoms with Crippen LogP contribution in [0.15, 0.2) is 40.3 Å². The summed E-state index contributed by atoms with van der Waals surface area (Å²) in [6.45, 7) is 7.37. The maximum absolute atomic E-state index is 6.01. The molecule has 2 unspecified atom stereocenters. The standard InChI is InChI=1S/C17H20N2OS/c1-11(17-18-8-9-21-17)10-19-13(3)16-12(2)14-6-4-5-7-15(14)20-16/h4-9,11,13,19H,10H2,1-3H3. The Hall–Kier alpha value is -1.65. The summed E-state index contributed by atoms with van der Waals surface area (Å²) < 4.78 is 6.01. The normalized spacial score (nSPS) is 14.4. The van der Waals surface area contributed by atoms with Crippen molar-refractivity contribution in [2.45, 2.75) is 32.7 Å². The van der Waals surface area contributed by atoms with Crippen molar-refractivity contribution in [2.75, 3.05) is 6.54 Å². The molecule has 0 fully saturated rings. The van der Waals surface area contributed by atoms with E-state index in [1.54, 1.807) is 11.3 Å². The molecular formula is C17H20N2OS. The van der Waals surface area contributed by atoms with E-state index in [1.165, 1.54) is 16.0 Å². The van der Waals surface area contributed by atoms with Gasteiger partial charge >= 0.3 is 0 Å². The minimum absolute atomic E-state index is 0.194. The first-order chi connectivity index (χ1) is 10.2. The van der Waals surface area contributed by atoms with Gasteiger partial charge in [0.25, 0.3) is 0 Å². The topological polar surface area (TPSA) is 38.1 Å². The molecule has 21 heavy (non-hydrogen) atoms. The zero-order chi connectivity index (χ0) is 14.8. The number of benzene rings is 1. The van der Waals surface area contributed by atoms with Gasteiger partial charge in [0.15, 0.2) is 0 Å². The zero-order valence-corrected chi connectivity index (χ0v) is 13.4. The maximum atomic E-state index is 6.01. The molecule has 2 heterocycles. The number of hydrogen-bond donors (Lipinski definition) is 1. The largest absolute Gasteiger partial charge is 0.459 e. The van der Waals surface area contributed by atoms with Gasteiger partial charge in [-0.25, -0.2) is 4.98 Å². The molecule has 2 atom stereocenters. The second kappa shape index (κ2) is 6.00. The number of fused-ring (bicyclic) bond motifs is 1. The molecule has 1 aromatic carbocycles. The summed E-state index contributed by atoms with van der Waals surface area (Å²) in [4.78, 5) is 4.37. The Morgan fingerprint density at radius 2 is 2.10 bits per heavy atom. The summed E-state index contributed by atoms with van der Waals surface area (Å²) in [6, 6.07) is 8.40. The Bertz CT molecular complexity index is 718. The van der Waals surface area contributed by atoms with Gasteiger partial charge in [0.1, 0.15) is 11.3 Å². The van der Waals surface area contributed by atoms with Crippen LogP contribution in [-0.4, -0.2) is 11.5 Å². The number of aryl methyl sites for hydroxylation is 1. The summed E-state index contributed by atoms with van der Waals surface area (Å²) in [5.41, 5.74) is 2.19. The van der Waals surface area contributed by atoms with Gasteiger partial charge in [-0.2, -0.15) is 0 Å². The van der Waals surface area contributed by atoms with Crippen molar-refractivity contribution in [1.82, 2.24) is 10.3 Å². The molecule has 110 valence electrons. The van der Waals surface area contributed by atoms with Gasteiger partial charge in [-0.1, -0.05) is 25.1 Å². The highest BCUT2D eigenvalue weighted by molar-refractivity contribution is 7.09. The predicted octanol–water partition coefficient (Wildman–Crippen LogP) is 4.65. The maximum Gasteiger partial charge on any atom is 0.134 e. The van der Waals surface area contributed by atoms with E-state index in [1.807, 2.05) is 23.7 Å². The summed E-state index contributed by atoms with van der Waals surface area (Å²) in [5, 5.41) is 7.97. The van der Waals surface area contributed by atoms with Gasteiger partial charge in [-0.05, 0) is 25.5 Å². The molecule has 0 radical (unpaired) electrons. The molecule has 0 aliphatic rings. The lowest BCUT2D eigenvalue weighted by Crippen LogP contribution is -2.23. The number of furan rings is 1. The number of para-hydroxylation sites is 1. The molecule has 0 aliphatic heterocycles. The van der Waals surface area contributed by atoms with Gasteiger partial charge in [-0.3, -0.25) is 0 Å². The highest BCUT2D eigenvalue weighted by atomic mass is 32.1. The molecule has 3 nitrogen and oxygen atoms in total. The predicted molar refractivity (Wildman–Crippen MR) is 87.9 cm³/mol. The lowest BCUT2D eigenvalue weighted by Gasteiger charge is -2.15. The van der Waals surface area contributed by atoms with Gasteiger partial charge in [-0.15, -0.1) is 11.3 Å². The molecule has 0 amide bonds. The van der Waals surface area contributed by atoms with Crippen LogP contribution in [0.5, 0.6) is 0 Å². The van der Waals surface area contributed by atoms with Crippen LogP contribution < -0.4 is 5.32 Å². The van der Waals surface area contributed by atoms with Gasteiger partial charge in [0, 0.05) is 29.4 Å². The molecule has 0 saturated heterocycles. The van der Waals surface area contributed by atoms with Crippen LogP contribution in [0, 0.1) is 6.92 Å². The Morgan fingerprint density at radius 3 is 2.81 bits per heavy atom. The van der Waals surface area contributed by atoms with Crippen LogP contribution in [0.3, 0.4) is 0 Å². The fourth-order valence-corrected chi connectivity index (χ4v) is 3.32. The average molecular weight is 300 g/mol. The molecule has 4 heteroatoms. The van der Waals surface area contributed by atoms with Crippen LogP contribution in [0.4, 0.5) is 0 Å². The molecule has 0 bridgehead atoms. The number of thiazole rings is 1. The van der Waals surface area contributed by atoms with Gasteiger partial charge in [0.05, 0.1) is 11.0 Å². The number of nitrogens with one attached hydrogen (secondary N) is 1.